The molecule has 0 radical (unpaired) electrons. The van der Waals surface area contributed by atoms with Gasteiger partial charge in [0.05, 0.1) is 6.10 Å². The molecular weight excluding hydrogens is 272 g/mol. The van der Waals surface area contributed by atoms with E-state index >= 15 is 0 Å². The van der Waals surface area contributed by atoms with Gasteiger partial charge in [-0.15, -0.1) is 0 Å². The van der Waals surface area contributed by atoms with Gasteiger partial charge in [-0.25, -0.2) is 4.79 Å². The lowest BCUT2D eigenvalue weighted by atomic mass is 10.0. The van der Waals surface area contributed by atoms with Crippen molar-refractivity contribution in [2.24, 2.45) is 0 Å². The van der Waals surface area contributed by atoms with Crippen LogP contribution in [0.25, 0.3) is 0 Å². The molecule has 2 atom stereocenters. The number of hydrogen-bond acceptors (Lipinski definition) is 3. The van der Waals surface area contributed by atoms with Crippen LogP contribution in [0.3, 0.4) is 0 Å². The number of aliphatic hydroxyl groups excluding tert-OH is 1. The largest absolute Gasteiger partial charge is 0.481 e. The molecule has 0 spiro atoms. The number of aliphatic carboxylic acids is 1. The van der Waals surface area contributed by atoms with E-state index in [9.17, 15) is 9.59 Å². The van der Waals surface area contributed by atoms with Crippen LogP contribution in [0.15, 0.2) is 30.3 Å². The number of amides is 2. The SMILES string of the molecule is C[C@H](O)CNC(=O)NC(CCC(=O)O)Cc1ccccc1. The van der Waals surface area contributed by atoms with Gasteiger partial charge in [-0.3, -0.25) is 4.79 Å². The van der Waals surface area contributed by atoms with Gasteiger partial charge < -0.3 is 20.8 Å². The van der Waals surface area contributed by atoms with E-state index in [0.717, 1.165) is 5.56 Å². The summed E-state index contributed by atoms with van der Waals surface area (Å²) < 4.78 is 0. The standard InChI is InChI=1S/C15H22N2O4/c1-11(18)10-16-15(21)17-13(7-8-14(19)20)9-12-5-3-2-4-6-12/h2-6,11,13,18H,7-10H2,1H3,(H,19,20)(H2,16,17,21)/t11-,13?/m0/s1. The fourth-order valence-electron chi connectivity index (χ4n) is 1.90. The minimum absolute atomic E-state index is 0.00577. The minimum Gasteiger partial charge on any atom is -0.481 e. The Kier molecular flexibility index (Phi) is 7.25. The van der Waals surface area contributed by atoms with Crippen molar-refractivity contribution in [2.75, 3.05) is 6.54 Å². The van der Waals surface area contributed by atoms with Gasteiger partial charge in [0, 0.05) is 19.0 Å². The molecule has 1 unspecified atom stereocenters. The molecule has 0 fully saturated rings. The van der Waals surface area contributed by atoms with Crippen molar-refractivity contribution in [3.63, 3.8) is 0 Å². The number of carboxylic acid groups (broad SMARTS) is 1. The maximum Gasteiger partial charge on any atom is 0.315 e. The zero-order valence-corrected chi connectivity index (χ0v) is 12.1. The first-order valence-electron chi connectivity index (χ1n) is 6.95. The summed E-state index contributed by atoms with van der Waals surface area (Å²) in [6.07, 6.45) is 0.291. The van der Waals surface area contributed by atoms with Gasteiger partial charge in [-0.2, -0.15) is 0 Å². The predicted molar refractivity (Wildman–Crippen MR) is 79.0 cm³/mol. The van der Waals surface area contributed by atoms with E-state index in [2.05, 4.69) is 10.6 Å². The van der Waals surface area contributed by atoms with Gasteiger partial charge in [0.2, 0.25) is 0 Å². The lowest BCUT2D eigenvalue weighted by Gasteiger charge is -2.19. The Morgan fingerprint density at radius 2 is 1.90 bits per heavy atom. The first kappa shape index (κ1) is 17.0. The van der Waals surface area contributed by atoms with Crippen LogP contribution in [0.5, 0.6) is 0 Å². The van der Waals surface area contributed by atoms with E-state index in [1.54, 1.807) is 6.92 Å². The molecule has 116 valence electrons. The second-order valence-electron chi connectivity index (χ2n) is 5.02. The number of nitrogens with one attached hydrogen (secondary N) is 2. The maximum atomic E-state index is 11.7. The average molecular weight is 294 g/mol. The number of carboxylic acids is 1. The first-order valence-corrected chi connectivity index (χ1v) is 6.95. The fraction of sp³-hybridized carbons (Fsp3) is 0.467. The van der Waals surface area contributed by atoms with Crippen molar-refractivity contribution in [3.8, 4) is 0 Å². The average Bonchev–Trinajstić information content (AvgIpc) is 2.43. The number of rotatable bonds is 8. The number of urea groups is 1. The quantitative estimate of drug-likeness (QED) is 0.578. The Morgan fingerprint density at radius 1 is 1.24 bits per heavy atom. The molecule has 0 bridgehead atoms. The van der Waals surface area contributed by atoms with E-state index in [0.29, 0.717) is 12.8 Å². The topological polar surface area (TPSA) is 98.7 Å². The van der Waals surface area contributed by atoms with E-state index in [-0.39, 0.29) is 19.0 Å². The van der Waals surface area contributed by atoms with Crippen LogP contribution in [0.1, 0.15) is 25.3 Å². The van der Waals surface area contributed by atoms with Crippen LogP contribution < -0.4 is 10.6 Å². The smallest absolute Gasteiger partial charge is 0.315 e. The van der Waals surface area contributed by atoms with Crippen molar-refractivity contribution in [1.82, 2.24) is 10.6 Å². The Labute approximate surface area is 124 Å². The fourth-order valence-corrected chi connectivity index (χ4v) is 1.90. The molecule has 2 amide bonds. The Hall–Kier alpha value is -2.08. The Balaban J connectivity index is 2.55. The maximum absolute atomic E-state index is 11.7. The summed E-state index contributed by atoms with van der Waals surface area (Å²) >= 11 is 0. The summed E-state index contributed by atoms with van der Waals surface area (Å²) in [5.74, 6) is -0.890. The molecule has 0 saturated heterocycles. The predicted octanol–water partition coefficient (Wildman–Crippen LogP) is 1.14. The van der Waals surface area contributed by atoms with Crippen LogP contribution in [-0.2, 0) is 11.2 Å². The molecule has 4 N–H and O–H groups in total. The molecule has 0 heterocycles. The van der Waals surface area contributed by atoms with E-state index < -0.39 is 18.1 Å². The van der Waals surface area contributed by atoms with Gasteiger partial charge in [0.25, 0.3) is 0 Å². The van der Waals surface area contributed by atoms with Gasteiger partial charge in [0.1, 0.15) is 0 Å². The third kappa shape index (κ3) is 7.94. The monoisotopic (exact) mass is 294 g/mol. The molecule has 6 nitrogen and oxygen atoms in total. The van der Waals surface area contributed by atoms with Crippen molar-refractivity contribution in [2.45, 2.75) is 38.3 Å². The van der Waals surface area contributed by atoms with Gasteiger partial charge in [-0.1, -0.05) is 30.3 Å². The number of carbonyl (C=O) groups excluding carboxylic acids is 1. The summed E-state index contributed by atoms with van der Waals surface area (Å²) in [5, 5.41) is 23.2. The highest BCUT2D eigenvalue weighted by atomic mass is 16.4. The molecule has 21 heavy (non-hydrogen) atoms. The highest BCUT2D eigenvalue weighted by Crippen LogP contribution is 2.08. The van der Waals surface area contributed by atoms with Crippen molar-refractivity contribution < 1.29 is 19.8 Å². The summed E-state index contributed by atoms with van der Waals surface area (Å²) in [4.78, 5) is 22.4. The zero-order valence-electron chi connectivity index (χ0n) is 12.1. The molecule has 1 aromatic rings. The van der Waals surface area contributed by atoms with Gasteiger partial charge in [0.15, 0.2) is 0 Å². The highest BCUT2D eigenvalue weighted by Gasteiger charge is 2.14. The van der Waals surface area contributed by atoms with Crippen LogP contribution in [0, 0.1) is 0 Å². The van der Waals surface area contributed by atoms with Gasteiger partial charge in [-0.05, 0) is 25.3 Å². The third-order valence-electron chi connectivity index (χ3n) is 2.92. The molecular formula is C15H22N2O4. The second-order valence-corrected chi connectivity index (χ2v) is 5.02. The zero-order chi connectivity index (χ0) is 15.7. The van der Waals surface area contributed by atoms with Crippen LogP contribution >= 0.6 is 0 Å². The van der Waals surface area contributed by atoms with Crippen molar-refractivity contribution >= 4 is 12.0 Å². The number of carbonyl (C=O) groups is 2. The molecule has 0 aliphatic heterocycles. The molecule has 1 rings (SSSR count). The van der Waals surface area contributed by atoms with E-state index in [1.807, 2.05) is 30.3 Å². The summed E-state index contributed by atoms with van der Waals surface area (Å²) in [7, 11) is 0. The van der Waals surface area contributed by atoms with Crippen molar-refractivity contribution in [3.05, 3.63) is 35.9 Å². The molecule has 0 aromatic heterocycles. The molecule has 6 heteroatoms. The van der Waals surface area contributed by atoms with Gasteiger partial charge >= 0.3 is 12.0 Å². The molecule has 0 aliphatic rings. The molecule has 0 aliphatic carbocycles. The van der Waals surface area contributed by atoms with Crippen molar-refractivity contribution in [1.29, 1.82) is 0 Å². The Morgan fingerprint density at radius 3 is 2.48 bits per heavy atom. The Bertz CT molecular complexity index is 448. The summed E-state index contributed by atoms with van der Waals surface area (Å²) in [6.45, 7) is 1.73. The summed E-state index contributed by atoms with van der Waals surface area (Å²) in [5.41, 5.74) is 1.03. The number of benzene rings is 1. The van der Waals surface area contributed by atoms with E-state index in [1.165, 1.54) is 0 Å². The first-order chi connectivity index (χ1) is 9.97. The molecule has 1 aromatic carbocycles. The second kappa shape index (κ2) is 8.97. The third-order valence-corrected chi connectivity index (χ3v) is 2.92. The number of hydrogen-bond donors (Lipinski definition) is 4. The number of aliphatic hydroxyl groups is 1. The van der Waals surface area contributed by atoms with Crippen LogP contribution in [0.2, 0.25) is 0 Å². The summed E-state index contributed by atoms with van der Waals surface area (Å²) in [6, 6.07) is 8.90. The lowest BCUT2D eigenvalue weighted by molar-refractivity contribution is -0.137. The van der Waals surface area contributed by atoms with Crippen LogP contribution in [0.4, 0.5) is 4.79 Å². The van der Waals surface area contributed by atoms with Crippen LogP contribution in [-0.4, -0.2) is 40.9 Å². The highest BCUT2D eigenvalue weighted by molar-refractivity contribution is 5.74. The van der Waals surface area contributed by atoms with E-state index in [4.69, 9.17) is 10.2 Å². The lowest BCUT2D eigenvalue weighted by Crippen LogP contribution is -2.45. The normalized spacial score (nSPS) is 13.2. The molecule has 0 saturated carbocycles. The minimum atomic E-state index is -0.890.